The minimum Gasteiger partial charge on any atom is -0.480 e. The maximum atomic E-state index is 13.2. The van der Waals surface area contributed by atoms with Gasteiger partial charge >= 0.3 is 5.97 Å². The van der Waals surface area contributed by atoms with Crippen LogP contribution in [0, 0.1) is 23.7 Å². The Kier molecular flexibility index (Phi) is 14.3. The molecular formula is C25H46N4O7. The molecular weight excluding hydrogens is 468 g/mol. The number of carbonyl (C=O) groups excluding carboxylic acids is 4. The fourth-order valence-electron chi connectivity index (χ4n) is 3.42. The van der Waals surface area contributed by atoms with Crippen LogP contribution in [0.5, 0.6) is 0 Å². The smallest absolute Gasteiger partial charge is 0.325 e. The summed E-state index contributed by atoms with van der Waals surface area (Å²) in [5.74, 6) is -3.92. The summed E-state index contributed by atoms with van der Waals surface area (Å²) in [6.45, 7) is 15.6. The number of aliphatic hydroxyl groups is 1. The van der Waals surface area contributed by atoms with Crippen molar-refractivity contribution in [1.29, 1.82) is 0 Å². The van der Waals surface area contributed by atoms with E-state index in [-0.39, 0.29) is 29.6 Å². The number of rotatable bonds is 15. The van der Waals surface area contributed by atoms with E-state index in [1.54, 1.807) is 41.5 Å². The summed E-state index contributed by atoms with van der Waals surface area (Å²) >= 11 is 0. The quantitative estimate of drug-likeness (QED) is 0.187. The molecule has 0 aromatic carbocycles. The molecule has 0 aliphatic rings. The summed E-state index contributed by atoms with van der Waals surface area (Å²) < 4.78 is 0. The second-order valence-electron chi connectivity index (χ2n) is 10.8. The van der Waals surface area contributed by atoms with Gasteiger partial charge in [0.1, 0.15) is 18.1 Å². The predicted octanol–water partition coefficient (Wildman–Crippen LogP) is 0.795. The van der Waals surface area contributed by atoms with Gasteiger partial charge in [0.15, 0.2) is 0 Å². The molecule has 0 saturated heterocycles. The average molecular weight is 515 g/mol. The molecule has 36 heavy (non-hydrogen) atoms. The number of carboxylic acid groups (broad SMARTS) is 1. The molecule has 208 valence electrons. The zero-order valence-corrected chi connectivity index (χ0v) is 23.0. The first-order valence-corrected chi connectivity index (χ1v) is 12.6. The molecule has 0 saturated carbocycles. The van der Waals surface area contributed by atoms with Crippen molar-refractivity contribution in [1.82, 2.24) is 21.3 Å². The Morgan fingerprint density at radius 3 is 1.50 bits per heavy atom. The molecule has 0 aliphatic carbocycles. The highest BCUT2D eigenvalue weighted by Gasteiger charge is 2.33. The van der Waals surface area contributed by atoms with Gasteiger partial charge in [-0.1, -0.05) is 55.4 Å². The van der Waals surface area contributed by atoms with Crippen LogP contribution in [0.15, 0.2) is 0 Å². The van der Waals surface area contributed by atoms with Crippen molar-refractivity contribution in [3.63, 3.8) is 0 Å². The number of aliphatic hydroxyl groups excluding tert-OH is 1. The van der Waals surface area contributed by atoms with Crippen molar-refractivity contribution >= 4 is 29.6 Å². The minimum absolute atomic E-state index is 0.0645. The highest BCUT2D eigenvalue weighted by Crippen LogP contribution is 2.14. The van der Waals surface area contributed by atoms with E-state index in [4.69, 9.17) is 5.11 Å². The summed E-state index contributed by atoms with van der Waals surface area (Å²) in [6, 6.07) is -3.69. The molecule has 0 radical (unpaired) electrons. The van der Waals surface area contributed by atoms with Gasteiger partial charge in [-0.25, -0.2) is 0 Å². The van der Waals surface area contributed by atoms with Crippen molar-refractivity contribution in [3.05, 3.63) is 0 Å². The van der Waals surface area contributed by atoms with Gasteiger partial charge in [-0.05, 0) is 31.1 Å². The molecule has 0 aromatic heterocycles. The lowest BCUT2D eigenvalue weighted by atomic mass is 9.95. The Morgan fingerprint density at radius 2 is 1.11 bits per heavy atom. The lowest BCUT2D eigenvalue weighted by Gasteiger charge is -2.31. The molecule has 11 nitrogen and oxygen atoms in total. The standard InChI is InChI=1S/C25H46N4O7/c1-12(2)10-17(18(30)11-19(31)26-16(9)25(35)36)27-23(33)20(13(3)4)29-24(34)21(14(5)6)28-22(32)15(7)8/h12-18,20-21,30H,10-11H2,1-9H3,(H,26,31)(H,27,33)(H,28,32)(H,29,34)(H,35,36)/t16-,17-,18-,20-,21?/m0/s1. The summed E-state index contributed by atoms with van der Waals surface area (Å²) in [5.41, 5.74) is 0. The van der Waals surface area contributed by atoms with Crippen molar-refractivity contribution in [2.24, 2.45) is 23.7 Å². The average Bonchev–Trinajstić information content (AvgIpc) is 2.73. The van der Waals surface area contributed by atoms with Gasteiger partial charge in [0.25, 0.3) is 0 Å². The summed E-state index contributed by atoms with van der Waals surface area (Å²) in [4.78, 5) is 61.5. The zero-order chi connectivity index (χ0) is 28.3. The number of carbonyl (C=O) groups is 5. The normalized spacial score (nSPS) is 15.7. The van der Waals surface area contributed by atoms with Crippen LogP contribution >= 0.6 is 0 Å². The van der Waals surface area contributed by atoms with Gasteiger partial charge in [-0.15, -0.1) is 0 Å². The topological polar surface area (TPSA) is 174 Å². The van der Waals surface area contributed by atoms with Gasteiger partial charge in [0.2, 0.25) is 23.6 Å². The van der Waals surface area contributed by atoms with Crippen LogP contribution in [0.1, 0.15) is 75.2 Å². The third-order valence-corrected chi connectivity index (χ3v) is 5.68. The largest absolute Gasteiger partial charge is 0.480 e. The van der Waals surface area contributed by atoms with Crippen LogP contribution in [0.4, 0.5) is 0 Å². The molecule has 0 aliphatic heterocycles. The van der Waals surface area contributed by atoms with Crippen molar-refractivity contribution in [2.45, 2.75) is 105 Å². The van der Waals surface area contributed by atoms with Crippen LogP contribution in [-0.2, 0) is 24.0 Å². The van der Waals surface area contributed by atoms with Gasteiger partial charge in [-0.3, -0.25) is 24.0 Å². The number of hydrogen-bond acceptors (Lipinski definition) is 6. The highest BCUT2D eigenvalue weighted by atomic mass is 16.4. The van der Waals surface area contributed by atoms with E-state index in [2.05, 4.69) is 21.3 Å². The van der Waals surface area contributed by atoms with Crippen LogP contribution in [0.3, 0.4) is 0 Å². The van der Waals surface area contributed by atoms with Crippen molar-refractivity contribution < 1.29 is 34.2 Å². The Morgan fingerprint density at radius 1 is 0.667 bits per heavy atom. The van der Waals surface area contributed by atoms with Crippen molar-refractivity contribution in [3.8, 4) is 0 Å². The lowest BCUT2D eigenvalue weighted by molar-refractivity contribution is -0.141. The first-order chi connectivity index (χ1) is 16.5. The van der Waals surface area contributed by atoms with E-state index in [1.165, 1.54) is 6.92 Å². The van der Waals surface area contributed by atoms with Gasteiger partial charge in [-0.2, -0.15) is 0 Å². The molecule has 0 heterocycles. The first-order valence-electron chi connectivity index (χ1n) is 12.6. The second kappa shape index (κ2) is 15.4. The molecule has 0 bridgehead atoms. The van der Waals surface area contributed by atoms with Crippen LogP contribution in [-0.4, -0.2) is 70.1 Å². The fraction of sp³-hybridized carbons (Fsp3) is 0.800. The molecule has 11 heteroatoms. The van der Waals surface area contributed by atoms with Crippen LogP contribution in [0.25, 0.3) is 0 Å². The Labute approximate surface area is 214 Å². The van der Waals surface area contributed by atoms with E-state index < -0.39 is 60.4 Å². The van der Waals surface area contributed by atoms with Crippen LogP contribution in [0.2, 0.25) is 0 Å². The third kappa shape index (κ3) is 11.8. The Hall–Kier alpha value is -2.69. The number of amides is 4. The summed E-state index contributed by atoms with van der Waals surface area (Å²) in [7, 11) is 0. The first kappa shape index (κ1) is 33.3. The lowest BCUT2D eigenvalue weighted by Crippen LogP contribution is -2.59. The molecule has 0 rings (SSSR count). The van der Waals surface area contributed by atoms with E-state index in [0.29, 0.717) is 6.42 Å². The predicted molar refractivity (Wildman–Crippen MR) is 136 cm³/mol. The number of carboxylic acids is 1. The monoisotopic (exact) mass is 514 g/mol. The molecule has 0 fully saturated rings. The summed E-state index contributed by atoms with van der Waals surface area (Å²) in [6.07, 6.45) is -1.31. The van der Waals surface area contributed by atoms with E-state index in [0.717, 1.165) is 0 Å². The summed E-state index contributed by atoms with van der Waals surface area (Å²) in [5, 5.41) is 30.1. The SMILES string of the molecule is CC(C)C[C@H](NC(=O)[C@@H](NC(=O)C(NC(=O)C(C)C)C(C)C)C(C)C)[C@@H](O)CC(=O)N[C@@H](C)C(=O)O. The molecule has 0 spiro atoms. The number of nitrogens with one attached hydrogen (secondary N) is 4. The number of hydrogen-bond donors (Lipinski definition) is 6. The molecule has 6 N–H and O–H groups in total. The number of aliphatic carboxylic acids is 1. The van der Waals surface area contributed by atoms with E-state index >= 15 is 0 Å². The third-order valence-electron chi connectivity index (χ3n) is 5.68. The van der Waals surface area contributed by atoms with Crippen molar-refractivity contribution in [2.75, 3.05) is 0 Å². The second-order valence-corrected chi connectivity index (χ2v) is 10.8. The van der Waals surface area contributed by atoms with Gasteiger partial charge < -0.3 is 31.5 Å². The fourth-order valence-corrected chi connectivity index (χ4v) is 3.42. The van der Waals surface area contributed by atoms with Crippen LogP contribution < -0.4 is 21.3 Å². The van der Waals surface area contributed by atoms with Gasteiger partial charge in [0, 0.05) is 5.92 Å². The Bertz CT molecular complexity index is 768. The van der Waals surface area contributed by atoms with Gasteiger partial charge in [0.05, 0.1) is 18.6 Å². The maximum Gasteiger partial charge on any atom is 0.325 e. The zero-order valence-electron chi connectivity index (χ0n) is 23.0. The molecule has 1 unspecified atom stereocenters. The van der Waals surface area contributed by atoms with E-state index in [1.807, 2.05) is 13.8 Å². The van der Waals surface area contributed by atoms with E-state index in [9.17, 15) is 29.1 Å². The maximum absolute atomic E-state index is 13.2. The highest BCUT2D eigenvalue weighted by molar-refractivity contribution is 5.92. The molecule has 0 aromatic rings. The minimum atomic E-state index is -1.27. The molecule has 5 atom stereocenters. The Balaban J connectivity index is 5.53. The molecule has 4 amide bonds.